The SMILES string of the molecule is CN(CCNc1ccccc1C#N)C1CC1. The van der Waals surface area contributed by atoms with Crippen LogP contribution in [0.2, 0.25) is 0 Å². The third-order valence-electron chi connectivity index (χ3n) is 3.00. The van der Waals surface area contributed by atoms with Crippen LogP contribution < -0.4 is 5.32 Å². The average molecular weight is 215 g/mol. The molecule has 84 valence electrons. The molecular formula is C13H17N3. The molecule has 1 aliphatic carbocycles. The zero-order valence-electron chi connectivity index (χ0n) is 9.61. The van der Waals surface area contributed by atoms with Gasteiger partial charge in [-0.1, -0.05) is 12.1 Å². The number of anilines is 1. The molecule has 0 aromatic heterocycles. The summed E-state index contributed by atoms with van der Waals surface area (Å²) in [6, 6.07) is 10.6. The molecule has 3 nitrogen and oxygen atoms in total. The maximum atomic E-state index is 8.92. The number of rotatable bonds is 5. The minimum absolute atomic E-state index is 0.719. The lowest BCUT2D eigenvalue weighted by Gasteiger charge is -2.16. The summed E-state index contributed by atoms with van der Waals surface area (Å²) in [6.07, 6.45) is 2.68. The van der Waals surface area contributed by atoms with E-state index in [1.54, 1.807) is 0 Å². The number of hydrogen-bond acceptors (Lipinski definition) is 3. The van der Waals surface area contributed by atoms with E-state index in [1.165, 1.54) is 12.8 Å². The Hall–Kier alpha value is -1.53. The lowest BCUT2D eigenvalue weighted by molar-refractivity contribution is 0.337. The average Bonchev–Trinajstić information content (AvgIpc) is 3.13. The molecule has 0 unspecified atom stereocenters. The molecule has 1 N–H and O–H groups in total. The smallest absolute Gasteiger partial charge is 0.101 e. The van der Waals surface area contributed by atoms with Crippen molar-refractivity contribution >= 4 is 5.69 Å². The molecule has 0 aliphatic heterocycles. The molecule has 3 heteroatoms. The zero-order chi connectivity index (χ0) is 11.4. The van der Waals surface area contributed by atoms with Crippen LogP contribution in [-0.4, -0.2) is 31.1 Å². The Morgan fingerprint density at radius 3 is 2.88 bits per heavy atom. The summed E-state index contributed by atoms with van der Waals surface area (Å²) in [5, 5.41) is 12.2. The molecule has 0 bridgehead atoms. The van der Waals surface area contributed by atoms with Crippen LogP contribution >= 0.6 is 0 Å². The molecule has 16 heavy (non-hydrogen) atoms. The molecule has 0 radical (unpaired) electrons. The Kier molecular flexibility index (Phi) is 3.43. The highest BCUT2D eigenvalue weighted by Crippen LogP contribution is 2.24. The Morgan fingerprint density at radius 1 is 1.44 bits per heavy atom. The number of nitrogens with zero attached hydrogens (tertiary/aromatic N) is 2. The van der Waals surface area contributed by atoms with Gasteiger partial charge in [-0.15, -0.1) is 0 Å². The summed E-state index contributed by atoms with van der Waals surface area (Å²) in [4.78, 5) is 2.38. The van der Waals surface area contributed by atoms with Crippen LogP contribution in [0.15, 0.2) is 24.3 Å². The normalized spacial score (nSPS) is 14.8. The Morgan fingerprint density at radius 2 is 2.19 bits per heavy atom. The van der Waals surface area contributed by atoms with E-state index in [2.05, 4.69) is 23.3 Å². The van der Waals surface area contributed by atoms with Gasteiger partial charge in [-0.2, -0.15) is 5.26 Å². The Bertz CT molecular complexity index is 390. The standard InChI is InChI=1S/C13H17N3/c1-16(12-6-7-12)9-8-15-13-5-3-2-4-11(13)10-14/h2-5,12,15H,6-9H2,1H3. The second kappa shape index (κ2) is 5.00. The highest BCUT2D eigenvalue weighted by Gasteiger charge is 2.25. The van der Waals surface area contributed by atoms with Crippen LogP contribution in [0.25, 0.3) is 0 Å². The van der Waals surface area contributed by atoms with Crippen molar-refractivity contribution in [2.45, 2.75) is 18.9 Å². The van der Waals surface area contributed by atoms with E-state index in [1.807, 2.05) is 24.3 Å². The number of nitriles is 1. The van der Waals surface area contributed by atoms with E-state index in [0.717, 1.165) is 30.4 Å². The van der Waals surface area contributed by atoms with Gasteiger partial charge in [-0.25, -0.2) is 0 Å². The van der Waals surface area contributed by atoms with Crippen molar-refractivity contribution in [1.29, 1.82) is 5.26 Å². The Labute approximate surface area is 96.7 Å². The molecule has 0 atom stereocenters. The Balaban J connectivity index is 1.82. The third kappa shape index (κ3) is 2.74. The van der Waals surface area contributed by atoms with Crippen LogP contribution in [0, 0.1) is 11.3 Å². The van der Waals surface area contributed by atoms with Crippen LogP contribution in [-0.2, 0) is 0 Å². The van der Waals surface area contributed by atoms with Gasteiger partial charge >= 0.3 is 0 Å². The third-order valence-corrected chi connectivity index (χ3v) is 3.00. The quantitative estimate of drug-likeness (QED) is 0.817. The lowest BCUT2D eigenvalue weighted by atomic mass is 10.2. The maximum absolute atomic E-state index is 8.92. The lowest BCUT2D eigenvalue weighted by Crippen LogP contribution is -2.27. The fourth-order valence-corrected chi connectivity index (χ4v) is 1.80. The van der Waals surface area contributed by atoms with Crippen molar-refractivity contribution < 1.29 is 0 Å². The monoisotopic (exact) mass is 215 g/mol. The van der Waals surface area contributed by atoms with Gasteiger partial charge in [0, 0.05) is 19.1 Å². The fraction of sp³-hybridized carbons (Fsp3) is 0.462. The topological polar surface area (TPSA) is 39.1 Å². The van der Waals surface area contributed by atoms with Crippen molar-refractivity contribution in [3.63, 3.8) is 0 Å². The van der Waals surface area contributed by atoms with E-state index in [0.29, 0.717) is 0 Å². The van der Waals surface area contributed by atoms with Crippen LogP contribution in [0.1, 0.15) is 18.4 Å². The summed E-state index contributed by atoms with van der Waals surface area (Å²) in [6.45, 7) is 1.93. The van der Waals surface area contributed by atoms with E-state index in [4.69, 9.17) is 5.26 Å². The van der Waals surface area contributed by atoms with Crippen molar-refractivity contribution in [3.05, 3.63) is 29.8 Å². The molecular weight excluding hydrogens is 198 g/mol. The largest absolute Gasteiger partial charge is 0.383 e. The summed E-state index contributed by atoms with van der Waals surface area (Å²) < 4.78 is 0. The van der Waals surface area contributed by atoms with E-state index >= 15 is 0 Å². The highest BCUT2D eigenvalue weighted by atomic mass is 15.2. The van der Waals surface area contributed by atoms with Crippen LogP contribution in [0.5, 0.6) is 0 Å². The first-order valence-corrected chi connectivity index (χ1v) is 5.74. The molecule has 1 saturated carbocycles. The van der Waals surface area contributed by atoms with E-state index in [-0.39, 0.29) is 0 Å². The molecule has 1 aromatic rings. The van der Waals surface area contributed by atoms with E-state index < -0.39 is 0 Å². The molecule has 0 saturated heterocycles. The first-order valence-electron chi connectivity index (χ1n) is 5.74. The summed E-state index contributed by atoms with van der Waals surface area (Å²) in [5.74, 6) is 0. The number of nitrogens with one attached hydrogen (secondary N) is 1. The second-order valence-corrected chi connectivity index (χ2v) is 4.30. The first-order chi connectivity index (χ1) is 7.81. The van der Waals surface area contributed by atoms with Crippen LogP contribution in [0.4, 0.5) is 5.69 Å². The zero-order valence-corrected chi connectivity index (χ0v) is 9.61. The van der Waals surface area contributed by atoms with Gasteiger partial charge in [0.1, 0.15) is 6.07 Å². The summed E-state index contributed by atoms with van der Waals surface area (Å²) in [5.41, 5.74) is 1.66. The molecule has 2 rings (SSSR count). The molecule has 0 spiro atoms. The molecule has 1 fully saturated rings. The van der Waals surface area contributed by atoms with Gasteiger partial charge < -0.3 is 10.2 Å². The minimum atomic E-state index is 0.719. The van der Waals surface area contributed by atoms with Gasteiger partial charge in [0.2, 0.25) is 0 Å². The highest BCUT2D eigenvalue weighted by molar-refractivity contribution is 5.57. The van der Waals surface area contributed by atoms with Gasteiger partial charge in [-0.05, 0) is 32.0 Å². The predicted octanol–water partition coefficient (Wildman–Crippen LogP) is 2.06. The minimum Gasteiger partial charge on any atom is -0.383 e. The first kappa shape index (κ1) is 11.0. The molecule has 0 amide bonds. The fourth-order valence-electron chi connectivity index (χ4n) is 1.80. The summed E-state index contributed by atoms with van der Waals surface area (Å²) in [7, 11) is 2.16. The van der Waals surface area contributed by atoms with Crippen molar-refractivity contribution in [2.24, 2.45) is 0 Å². The number of likely N-dealkylation sites (N-methyl/N-ethyl adjacent to an activating group) is 1. The maximum Gasteiger partial charge on any atom is 0.101 e. The van der Waals surface area contributed by atoms with Gasteiger partial charge in [0.25, 0.3) is 0 Å². The van der Waals surface area contributed by atoms with Gasteiger partial charge in [0.05, 0.1) is 11.3 Å². The molecule has 1 aliphatic rings. The number of hydrogen-bond donors (Lipinski definition) is 1. The van der Waals surface area contributed by atoms with Crippen molar-refractivity contribution in [1.82, 2.24) is 4.90 Å². The van der Waals surface area contributed by atoms with Gasteiger partial charge in [-0.3, -0.25) is 0 Å². The van der Waals surface area contributed by atoms with E-state index in [9.17, 15) is 0 Å². The van der Waals surface area contributed by atoms with Gasteiger partial charge in [0.15, 0.2) is 0 Å². The summed E-state index contributed by atoms with van der Waals surface area (Å²) >= 11 is 0. The predicted molar refractivity (Wildman–Crippen MR) is 65.3 cm³/mol. The van der Waals surface area contributed by atoms with Crippen molar-refractivity contribution in [3.8, 4) is 6.07 Å². The molecule has 0 heterocycles. The van der Waals surface area contributed by atoms with Crippen LogP contribution in [0.3, 0.4) is 0 Å². The number of para-hydroxylation sites is 1. The second-order valence-electron chi connectivity index (χ2n) is 4.30. The molecule has 1 aromatic carbocycles. The van der Waals surface area contributed by atoms with Crippen molar-refractivity contribution in [2.75, 3.05) is 25.5 Å². The number of benzene rings is 1.